The van der Waals surface area contributed by atoms with Gasteiger partial charge in [0.15, 0.2) is 17.5 Å². The van der Waals surface area contributed by atoms with Gasteiger partial charge in [0.25, 0.3) is 0 Å². The van der Waals surface area contributed by atoms with Crippen LogP contribution in [0.4, 0.5) is 0 Å². The van der Waals surface area contributed by atoms with Crippen LogP contribution in [0.15, 0.2) is 158 Å². The lowest BCUT2D eigenvalue weighted by Crippen LogP contribution is -2.01. The fourth-order valence-corrected chi connectivity index (χ4v) is 8.13. The molecule has 10 aromatic rings. The molecule has 0 aliphatic rings. The van der Waals surface area contributed by atoms with E-state index in [9.17, 15) is 0 Å². The van der Waals surface area contributed by atoms with Crippen LogP contribution in [0.5, 0.6) is 0 Å². The molecule has 228 valence electrons. The molecular weight excluding hydrogens is 617 g/mol. The fraction of sp³-hybridized carbons (Fsp3) is 0. The van der Waals surface area contributed by atoms with E-state index in [1.54, 1.807) is 11.3 Å². The topological polar surface area (TPSA) is 51.6 Å². The first-order chi connectivity index (χ1) is 24.3. The van der Waals surface area contributed by atoms with Gasteiger partial charge < -0.3 is 0 Å². The van der Waals surface area contributed by atoms with E-state index in [1.807, 2.05) is 18.5 Å². The molecule has 0 radical (unpaired) electrons. The smallest absolute Gasteiger partial charge is 0.166 e. The van der Waals surface area contributed by atoms with Crippen molar-refractivity contribution in [3.8, 4) is 45.3 Å². The van der Waals surface area contributed by atoms with Crippen molar-refractivity contribution in [3.05, 3.63) is 158 Å². The van der Waals surface area contributed by atoms with Gasteiger partial charge in [-0.1, -0.05) is 133 Å². The van der Waals surface area contributed by atoms with Crippen LogP contribution < -0.4 is 0 Å². The van der Waals surface area contributed by atoms with Crippen LogP contribution >= 0.6 is 11.3 Å². The van der Waals surface area contributed by atoms with Crippen molar-refractivity contribution >= 4 is 63.8 Å². The van der Waals surface area contributed by atoms with E-state index in [2.05, 4.69) is 140 Å². The first kappa shape index (κ1) is 27.8. The van der Waals surface area contributed by atoms with Crippen molar-refractivity contribution in [1.82, 2.24) is 19.9 Å². The maximum absolute atomic E-state index is 5.15. The van der Waals surface area contributed by atoms with Gasteiger partial charge in [0, 0.05) is 54.6 Å². The van der Waals surface area contributed by atoms with E-state index in [0.717, 1.165) is 38.4 Å². The molecule has 0 aliphatic carbocycles. The monoisotopic (exact) mass is 642 g/mol. The Hall–Kier alpha value is -6.30. The molecular formula is C44H26N4S. The van der Waals surface area contributed by atoms with Crippen LogP contribution in [0.1, 0.15) is 0 Å². The second-order valence-electron chi connectivity index (χ2n) is 12.3. The lowest BCUT2D eigenvalue weighted by Gasteiger charge is -2.12. The van der Waals surface area contributed by atoms with Gasteiger partial charge in [0.2, 0.25) is 0 Å². The molecule has 0 atom stereocenters. The molecule has 0 saturated carbocycles. The molecule has 49 heavy (non-hydrogen) atoms. The molecule has 3 aromatic heterocycles. The van der Waals surface area contributed by atoms with Gasteiger partial charge in [0.05, 0.1) is 0 Å². The zero-order chi connectivity index (χ0) is 32.3. The molecule has 0 fully saturated rings. The molecule has 0 amide bonds. The highest BCUT2D eigenvalue weighted by Gasteiger charge is 2.17. The summed E-state index contributed by atoms with van der Waals surface area (Å²) in [6.07, 6.45) is 3.84. The molecule has 3 heterocycles. The van der Waals surface area contributed by atoms with Crippen LogP contribution in [-0.2, 0) is 0 Å². The van der Waals surface area contributed by atoms with E-state index in [-0.39, 0.29) is 0 Å². The number of fused-ring (bicyclic) bond motifs is 8. The number of thiophene rings is 1. The fourth-order valence-electron chi connectivity index (χ4n) is 6.98. The molecule has 0 saturated heterocycles. The highest BCUT2D eigenvalue weighted by molar-refractivity contribution is 7.25. The van der Waals surface area contributed by atoms with Crippen molar-refractivity contribution in [2.45, 2.75) is 0 Å². The molecule has 7 aromatic carbocycles. The zero-order valence-electron chi connectivity index (χ0n) is 26.2. The highest BCUT2D eigenvalue weighted by atomic mass is 32.1. The van der Waals surface area contributed by atoms with E-state index in [4.69, 9.17) is 19.9 Å². The minimum atomic E-state index is 0.599. The summed E-state index contributed by atoms with van der Waals surface area (Å²) in [4.78, 5) is 20.1. The molecule has 0 aliphatic heterocycles. The number of hydrogen-bond donors (Lipinski definition) is 0. The second-order valence-corrected chi connectivity index (χ2v) is 13.4. The summed E-state index contributed by atoms with van der Waals surface area (Å²) >= 11 is 1.79. The van der Waals surface area contributed by atoms with E-state index in [1.165, 1.54) is 41.9 Å². The van der Waals surface area contributed by atoms with Crippen LogP contribution in [0, 0.1) is 0 Å². The molecule has 0 unspecified atom stereocenters. The SMILES string of the molecule is c1ccc(-c2ccc(-c3nc(-c4ccc5c(c4)sc4ccccc45)nc(-c4cncc5c4ccc4c6ccccc6ccc54)n3)cc2)cc1. The van der Waals surface area contributed by atoms with Crippen molar-refractivity contribution in [2.75, 3.05) is 0 Å². The summed E-state index contributed by atoms with van der Waals surface area (Å²) < 4.78 is 2.48. The summed E-state index contributed by atoms with van der Waals surface area (Å²) in [6, 6.07) is 51.2. The molecule has 4 nitrogen and oxygen atoms in total. The maximum atomic E-state index is 5.15. The van der Waals surface area contributed by atoms with Crippen LogP contribution in [-0.4, -0.2) is 19.9 Å². The largest absolute Gasteiger partial charge is 0.263 e. The molecule has 10 rings (SSSR count). The summed E-state index contributed by atoms with van der Waals surface area (Å²) in [5.41, 5.74) is 5.07. The first-order valence-corrected chi connectivity index (χ1v) is 17.1. The van der Waals surface area contributed by atoms with E-state index < -0.39 is 0 Å². The Balaban J connectivity index is 1.17. The number of hydrogen-bond acceptors (Lipinski definition) is 5. The Kier molecular flexibility index (Phi) is 6.32. The third-order valence-corrected chi connectivity index (χ3v) is 10.6. The van der Waals surface area contributed by atoms with Gasteiger partial charge in [-0.05, 0) is 50.2 Å². The normalized spacial score (nSPS) is 11.7. The van der Waals surface area contributed by atoms with Crippen molar-refractivity contribution in [2.24, 2.45) is 0 Å². The summed E-state index contributed by atoms with van der Waals surface area (Å²) in [7, 11) is 0. The lowest BCUT2D eigenvalue weighted by atomic mass is 9.96. The molecule has 0 bridgehead atoms. The highest BCUT2D eigenvalue weighted by Crippen LogP contribution is 2.38. The minimum absolute atomic E-state index is 0.599. The molecule has 0 spiro atoms. The Morgan fingerprint density at radius 3 is 1.82 bits per heavy atom. The standard InChI is InChI=1S/C44H26N4S/c1-2-8-27(9-3-1)28-14-16-30(17-15-28)42-46-43(31-19-21-37-36-12-6-7-13-40(36)49-41(37)24-31)48-44(47-42)39-26-45-25-38-34-20-18-29-10-4-5-11-32(29)33(34)22-23-35(38)39/h1-26H. The number of aromatic nitrogens is 4. The van der Waals surface area contributed by atoms with Crippen LogP contribution in [0.3, 0.4) is 0 Å². The lowest BCUT2D eigenvalue weighted by molar-refractivity contribution is 1.07. The zero-order valence-corrected chi connectivity index (χ0v) is 27.0. The molecule has 0 N–H and O–H groups in total. The van der Waals surface area contributed by atoms with Gasteiger partial charge >= 0.3 is 0 Å². The van der Waals surface area contributed by atoms with Crippen LogP contribution in [0.2, 0.25) is 0 Å². The number of benzene rings is 7. The number of rotatable bonds is 4. The molecule has 5 heteroatoms. The van der Waals surface area contributed by atoms with Gasteiger partial charge in [-0.15, -0.1) is 11.3 Å². The quantitative estimate of drug-likeness (QED) is 0.179. The van der Waals surface area contributed by atoms with Gasteiger partial charge in [0.1, 0.15) is 0 Å². The average molecular weight is 643 g/mol. The maximum Gasteiger partial charge on any atom is 0.166 e. The summed E-state index contributed by atoms with van der Waals surface area (Å²) in [6.45, 7) is 0. The van der Waals surface area contributed by atoms with Gasteiger partial charge in [-0.2, -0.15) is 0 Å². The number of pyridine rings is 1. The average Bonchev–Trinajstić information content (AvgIpc) is 3.55. The van der Waals surface area contributed by atoms with E-state index in [0.29, 0.717) is 17.5 Å². The van der Waals surface area contributed by atoms with Crippen molar-refractivity contribution < 1.29 is 0 Å². The summed E-state index contributed by atoms with van der Waals surface area (Å²) in [5.74, 6) is 1.86. The minimum Gasteiger partial charge on any atom is -0.263 e. The third-order valence-electron chi connectivity index (χ3n) is 9.43. The van der Waals surface area contributed by atoms with Gasteiger partial charge in [-0.25, -0.2) is 15.0 Å². The van der Waals surface area contributed by atoms with Crippen LogP contribution in [0.25, 0.3) is 97.8 Å². The number of nitrogens with zero attached hydrogens (tertiary/aromatic N) is 4. The van der Waals surface area contributed by atoms with Crippen molar-refractivity contribution in [1.29, 1.82) is 0 Å². The van der Waals surface area contributed by atoms with Gasteiger partial charge in [-0.3, -0.25) is 4.98 Å². The second kappa shape index (κ2) is 11.2. The Bertz CT molecular complexity index is 2880. The first-order valence-electron chi connectivity index (χ1n) is 16.3. The predicted molar refractivity (Wildman–Crippen MR) is 205 cm³/mol. The Morgan fingerprint density at radius 1 is 0.347 bits per heavy atom. The predicted octanol–water partition coefficient (Wildman–Crippen LogP) is 11.8. The third kappa shape index (κ3) is 4.66. The summed E-state index contributed by atoms with van der Waals surface area (Å²) in [5, 5.41) is 9.46. The Labute approximate surface area is 286 Å². The van der Waals surface area contributed by atoms with E-state index >= 15 is 0 Å². The Morgan fingerprint density at radius 2 is 0.939 bits per heavy atom. The van der Waals surface area contributed by atoms with Crippen molar-refractivity contribution in [3.63, 3.8) is 0 Å².